The van der Waals surface area contributed by atoms with Gasteiger partial charge in [0.25, 0.3) is 0 Å². The van der Waals surface area contributed by atoms with Gasteiger partial charge in [-0.05, 0) is 57.0 Å². The van der Waals surface area contributed by atoms with E-state index in [1.54, 1.807) is 26.0 Å². The Balaban J connectivity index is 1.60. The lowest BCUT2D eigenvalue weighted by Crippen LogP contribution is -2.49. The molecule has 0 atom stereocenters. The van der Waals surface area contributed by atoms with Gasteiger partial charge in [0.05, 0.1) is 16.7 Å². The van der Waals surface area contributed by atoms with E-state index in [1.165, 1.54) is 0 Å². The largest absolute Gasteiger partial charge is 0.507 e. The maximum Gasteiger partial charge on any atom is 0.222 e. The molecule has 1 fully saturated rings. The number of phenols is 1. The lowest BCUT2D eigenvalue weighted by molar-refractivity contribution is -0.132. The summed E-state index contributed by atoms with van der Waals surface area (Å²) in [4.78, 5) is 26.2. The van der Waals surface area contributed by atoms with Crippen LogP contribution in [0.15, 0.2) is 42.5 Å². The predicted octanol–water partition coefficient (Wildman–Crippen LogP) is 3.51. The third kappa shape index (κ3) is 4.83. The van der Waals surface area contributed by atoms with E-state index in [9.17, 15) is 15.0 Å². The Morgan fingerprint density at radius 1 is 1.06 bits per heavy atom. The van der Waals surface area contributed by atoms with Crippen molar-refractivity contribution in [3.05, 3.63) is 48.0 Å². The van der Waals surface area contributed by atoms with Crippen LogP contribution in [0.5, 0.6) is 5.75 Å². The molecule has 3 aromatic rings. The molecule has 0 saturated carbocycles. The monoisotopic (exact) mass is 434 g/mol. The second-order valence-corrected chi connectivity index (χ2v) is 9.09. The van der Waals surface area contributed by atoms with Gasteiger partial charge in [0.15, 0.2) is 5.82 Å². The molecule has 1 aromatic heterocycles. The number of hydrogen-bond donors (Lipinski definition) is 2. The maximum absolute atomic E-state index is 12.6. The second kappa shape index (κ2) is 8.74. The number of carbonyl (C=O) groups excluding carboxylic acids is 1. The molecule has 0 aliphatic carbocycles. The lowest BCUT2D eigenvalue weighted by Gasteiger charge is -2.36. The van der Waals surface area contributed by atoms with Crippen LogP contribution in [0.2, 0.25) is 0 Å². The zero-order valence-corrected chi connectivity index (χ0v) is 18.9. The highest BCUT2D eigenvalue weighted by Gasteiger charge is 2.25. The van der Waals surface area contributed by atoms with Gasteiger partial charge in [-0.15, -0.1) is 0 Å². The van der Waals surface area contributed by atoms with Gasteiger partial charge in [0.1, 0.15) is 11.6 Å². The Labute approximate surface area is 188 Å². The van der Waals surface area contributed by atoms with Gasteiger partial charge in [-0.25, -0.2) is 9.97 Å². The number of phenolic OH excluding ortho intramolecular Hbond substituents is 1. The molecule has 1 aliphatic rings. The number of nitrogens with zero attached hydrogens (tertiary/aromatic N) is 4. The molecule has 2 heterocycles. The van der Waals surface area contributed by atoms with Crippen molar-refractivity contribution in [2.45, 2.75) is 39.2 Å². The Bertz CT molecular complexity index is 1130. The Kier molecular flexibility index (Phi) is 6.02. The van der Waals surface area contributed by atoms with Crippen LogP contribution in [-0.4, -0.2) is 62.8 Å². The highest BCUT2D eigenvalue weighted by atomic mass is 16.3. The summed E-state index contributed by atoms with van der Waals surface area (Å²) in [6.45, 7) is 8.01. The smallest absolute Gasteiger partial charge is 0.222 e. The molecule has 0 unspecified atom stereocenters. The fourth-order valence-electron chi connectivity index (χ4n) is 3.99. The number of fused-ring (bicyclic) bond motifs is 1. The van der Waals surface area contributed by atoms with Crippen molar-refractivity contribution in [3.63, 3.8) is 0 Å². The molecule has 7 nitrogen and oxygen atoms in total. The topological polar surface area (TPSA) is 89.8 Å². The predicted molar refractivity (Wildman–Crippen MR) is 126 cm³/mol. The number of amides is 1. The molecular formula is C25H30N4O3. The van der Waals surface area contributed by atoms with E-state index in [0.717, 1.165) is 22.3 Å². The average molecular weight is 435 g/mol. The minimum atomic E-state index is -0.838. The standard InChI is InChI=1S/C25H30N4O3/c1-17-8-9-18-20(16-17)26-23(19-6-4-5-7-21(19)30)27-24(18)29-14-12-28(13-15-29)22(31)10-11-25(2,3)32/h4-9,16,30,32H,10-15H2,1-3H3. The van der Waals surface area contributed by atoms with Crippen LogP contribution >= 0.6 is 0 Å². The van der Waals surface area contributed by atoms with Gasteiger partial charge in [-0.2, -0.15) is 0 Å². The van der Waals surface area contributed by atoms with Gasteiger partial charge in [-0.1, -0.05) is 18.2 Å². The number of hydrogen-bond acceptors (Lipinski definition) is 6. The number of rotatable bonds is 5. The van der Waals surface area contributed by atoms with E-state index < -0.39 is 5.60 Å². The van der Waals surface area contributed by atoms with Crippen molar-refractivity contribution in [3.8, 4) is 17.1 Å². The molecule has 4 rings (SSSR count). The van der Waals surface area contributed by atoms with Crippen molar-refractivity contribution in [1.82, 2.24) is 14.9 Å². The van der Waals surface area contributed by atoms with Crippen LogP contribution in [0.3, 0.4) is 0 Å². The first-order chi connectivity index (χ1) is 15.2. The Morgan fingerprint density at radius 3 is 2.47 bits per heavy atom. The van der Waals surface area contributed by atoms with Crippen LogP contribution < -0.4 is 4.90 Å². The molecule has 0 bridgehead atoms. The molecule has 1 amide bonds. The number of aromatic hydroxyl groups is 1. The normalized spacial score (nSPS) is 14.8. The lowest BCUT2D eigenvalue weighted by atomic mass is 10.0. The van der Waals surface area contributed by atoms with Gasteiger partial charge < -0.3 is 20.0 Å². The average Bonchev–Trinajstić information content (AvgIpc) is 2.76. The van der Waals surface area contributed by atoms with E-state index in [2.05, 4.69) is 4.90 Å². The first-order valence-corrected chi connectivity index (χ1v) is 11.0. The summed E-state index contributed by atoms with van der Waals surface area (Å²) in [5.41, 5.74) is 1.69. The summed E-state index contributed by atoms with van der Waals surface area (Å²) in [6, 6.07) is 13.2. The molecule has 2 aromatic carbocycles. The molecule has 32 heavy (non-hydrogen) atoms. The van der Waals surface area contributed by atoms with Gasteiger partial charge in [0.2, 0.25) is 5.91 Å². The number of carbonyl (C=O) groups is 1. The van der Waals surface area contributed by atoms with Crippen molar-refractivity contribution in [1.29, 1.82) is 0 Å². The van der Waals surface area contributed by atoms with E-state index in [-0.39, 0.29) is 11.7 Å². The van der Waals surface area contributed by atoms with Gasteiger partial charge in [0, 0.05) is 38.0 Å². The molecule has 1 aliphatic heterocycles. The van der Waals surface area contributed by atoms with Crippen LogP contribution in [0.1, 0.15) is 32.3 Å². The number of aromatic nitrogens is 2. The summed E-state index contributed by atoms with van der Waals surface area (Å²) >= 11 is 0. The summed E-state index contributed by atoms with van der Waals surface area (Å²) in [6.07, 6.45) is 0.794. The number of para-hydroxylation sites is 1. The number of aryl methyl sites for hydroxylation is 1. The zero-order valence-electron chi connectivity index (χ0n) is 18.9. The highest BCUT2D eigenvalue weighted by Crippen LogP contribution is 2.32. The van der Waals surface area contributed by atoms with Gasteiger partial charge >= 0.3 is 0 Å². The molecular weight excluding hydrogens is 404 g/mol. The molecule has 7 heteroatoms. The minimum Gasteiger partial charge on any atom is -0.507 e. The van der Waals surface area contributed by atoms with E-state index >= 15 is 0 Å². The van der Waals surface area contributed by atoms with Crippen molar-refractivity contribution >= 4 is 22.6 Å². The Morgan fingerprint density at radius 2 is 1.78 bits per heavy atom. The summed E-state index contributed by atoms with van der Waals surface area (Å²) in [5.74, 6) is 1.52. The SMILES string of the molecule is Cc1ccc2c(N3CCN(C(=O)CCC(C)(C)O)CC3)nc(-c3ccccc3O)nc2c1. The van der Waals surface area contributed by atoms with Gasteiger partial charge in [-0.3, -0.25) is 4.79 Å². The molecule has 2 N–H and O–H groups in total. The molecule has 0 radical (unpaired) electrons. The summed E-state index contributed by atoms with van der Waals surface area (Å²) < 4.78 is 0. The first-order valence-electron chi connectivity index (χ1n) is 11.0. The number of aliphatic hydroxyl groups is 1. The number of anilines is 1. The number of benzene rings is 2. The quantitative estimate of drug-likeness (QED) is 0.639. The Hall–Kier alpha value is -3.19. The number of piperazine rings is 1. The fourth-order valence-corrected chi connectivity index (χ4v) is 3.99. The third-order valence-electron chi connectivity index (χ3n) is 5.86. The van der Waals surface area contributed by atoms with Crippen molar-refractivity contribution < 1.29 is 15.0 Å². The minimum absolute atomic E-state index is 0.0739. The van der Waals surface area contributed by atoms with Crippen LogP contribution in [0, 0.1) is 6.92 Å². The molecule has 168 valence electrons. The summed E-state index contributed by atoms with van der Waals surface area (Å²) in [7, 11) is 0. The highest BCUT2D eigenvalue weighted by molar-refractivity contribution is 5.92. The molecule has 1 saturated heterocycles. The van der Waals surface area contributed by atoms with Crippen LogP contribution in [-0.2, 0) is 4.79 Å². The van der Waals surface area contributed by atoms with Crippen molar-refractivity contribution in [2.24, 2.45) is 0 Å². The first kappa shape index (κ1) is 22.0. The molecule has 0 spiro atoms. The van der Waals surface area contributed by atoms with Crippen LogP contribution in [0.4, 0.5) is 5.82 Å². The fraction of sp³-hybridized carbons (Fsp3) is 0.400. The van der Waals surface area contributed by atoms with E-state index in [0.29, 0.717) is 50.4 Å². The second-order valence-electron chi connectivity index (χ2n) is 9.09. The van der Waals surface area contributed by atoms with E-state index in [4.69, 9.17) is 9.97 Å². The summed E-state index contributed by atoms with van der Waals surface area (Å²) in [5, 5.41) is 21.2. The maximum atomic E-state index is 12.6. The zero-order chi connectivity index (χ0) is 22.9. The van der Waals surface area contributed by atoms with E-state index in [1.807, 2.05) is 42.2 Å². The third-order valence-corrected chi connectivity index (χ3v) is 5.86. The van der Waals surface area contributed by atoms with Crippen LogP contribution in [0.25, 0.3) is 22.3 Å². The van der Waals surface area contributed by atoms with Crippen molar-refractivity contribution in [2.75, 3.05) is 31.1 Å².